The monoisotopic (exact) mass is 174 g/mol. The molecule has 0 aromatic carbocycles. The maximum atomic E-state index is 12.1. The van der Waals surface area contributed by atoms with E-state index in [0.717, 1.165) is 12.8 Å². The summed E-state index contributed by atoms with van der Waals surface area (Å²) in [5, 5.41) is 0. The molecule has 1 spiro atoms. The lowest BCUT2D eigenvalue weighted by molar-refractivity contribution is 0.298. The lowest BCUT2D eigenvalue weighted by Gasteiger charge is -2.13. The molecule has 1 aliphatic carbocycles. The van der Waals surface area contributed by atoms with Crippen molar-refractivity contribution in [3.63, 3.8) is 0 Å². The van der Waals surface area contributed by atoms with Crippen molar-refractivity contribution in [1.82, 2.24) is 4.90 Å². The summed E-state index contributed by atoms with van der Waals surface area (Å²) < 4.78 is 27.6. The van der Waals surface area contributed by atoms with Gasteiger partial charge in [0.05, 0.1) is 6.67 Å². The Hall–Kier alpha value is -0.150. The number of hydrogen-bond acceptors (Lipinski definition) is 2. The van der Waals surface area contributed by atoms with E-state index in [1.165, 1.54) is 0 Å². The smallest absolute Gasteiger partial charge is 0.0906 e. The summed E-state index contributed by atoms with van der Waals surface area (Å²) in [7, 11) is 0. The summed E-state index contributed by atoms with van der Waals surface area (Å²) in [6.07, 6.45) is 2.17. The molecule has 0 aromatic rings. The molecule has 2 rings (SSSR count). The van der Waals surface area contributed by atoms with Gasteiger partial charge in [-0.1, -0.05) is 0 Å². The van der Waals surface area contributed by atoms with Gasteiger partial charge in [0.1, 0.15) is 0 Å². The van der Waals surface area contributed by atoms with Gasteiger partial charge in [0.15, 0.2) is 0 Å². The molecule has 12 heavy (non-hydrogen) atoms. The Labute approximate surface area is 75.7 Å². The largest absolute Gasteiger partial charge is 0.326 e. The van der Waals surface area contributed by atoms with Crippen molar-refractivity contribution in [2.75, 3.05) is 26.3 Å². The van der Waals surface area contributed by atoms with Gasteiger partial charge >= 0.3 is 0 Å². The molecule has 0 bridgehead atoms. The highest BCUT2D eigenvalue weighted by Crippen LogP contribution is 2.51. The van der Waals surface area contributed by atoms with E-state index in [9.17, 15) is 4.39 Å². The first-order valence-electron chi connectivity index (χ1n) is 5.57. The summed E-state index contributed by atoms with van der Waals surface area (Å²) >= 11 is 0. The van der Waals surface area contributed by atoms with E-state index in [0.29, 0.717) is 13.1 Å². The number of nitrogens with zero attached hydrogens (tertiary/aromatic N) is 1. The van der Waals surface area contributed by atoms with Crippen LogP contribution in [0.5, 0.6) is 0 Å². The third-order valence-electron chi connectivity index (χ3n) is 3.03. The van der Waals surface area contributed by atoms with Crippen LogP contribution in [0.25, 0.3) is 0 Å². The molecule has 1 saturated heterocycles. The van der Waals surface area contributed by atoms with Crippen LogP contribution < -0.4 is 5.73 Å². The standard InChI is InChI=1S/C9H17FN2/c10-4-1-5-12-6-8(11)9(7-12)2-3-9/h8H,1-7,11H2/t8-/m1/s1/i5D2. The molecule has 2 aliphatic rings. The van der Waals surface area contributed by atoms with Gasteiger partial charge in [-0.05, 0) is 24.7 Å². The molecule has 1 saturated carbocycles. The second-order valence-corrected chi connectivity index (χ2v) is 3.95. The maximum Gasteiger partial charge on any atom is 0.0906 e. The molecule has 70 valence electrons. The van der Waals surface area contributed by atoms with E-state index in [1.807, 2.05) is 0 Å². The Morgan fingerprint density at radius 2 is 2.42 bits per heavy atom. The number of nitrogens with two attached hydrogens (primary N) is 1. The second kappa shape index (κ2) is 2.96. The summed E-state index contributed by atoms with van der Waals surface area (Å²) in [5.74, 6) is 0. The predicted molar refractivity (Wildman–Crippen MR) is 46.7 cm³/mol. The fraction of sp³-hybridized carbons (Fsp3) is 1.00. The molecule has 2 N–H and O–H groups in total. The van der Waals surface area contributed by atoms with Crippen LogP contribution in [0.2, 0.25) is 0 Å². The van der Waals surface area contributed by atoms with Crippen molar-refractivity contribution < 1.29 is 7.13 Å². The third kappa shape index (κ3) is 1.36. The Morgan fingerprint density at radius 1 is 1.67 bits per heavy atom. The van der Waals surface area contributed by atoms with Gasteiger partial charge in [-0.3, -0.25) is 4.39 Å². The molecule has 0 amide bonds. The Bertz CT molecular complexity index is 231. The van der Waals surface area contributed by atoms with E-state index >= 15 is 0 Å². The zero-order valence-corrected chi connectivity index (χ0v) is 7.22. The van der Waals surface area contributed by atoms with E-state index in [1.54, 1.807) is 4.90 Å². The molecule has 0 radical (unpaired) electrons. The molecule has 2 nitrogen and oxygen atoms in total. The zero-order valence-electron chi connectivity index (χ0n) is 9.22. The van der Waals surface area contributed by atoms with Gasteiger partial charge in [0.2, 0.25) is 0 Å². The van der Waals surface area contributed by atoms with Crippen molar-refractivity contribution in [1.29, 1.82) is 0 Å². The maximum absolute atomic E-state index is 12.1. The van der Waals surface area contributed by atoms with Crippen LogP contribution in [-0.4, -0.2) is 37.2 Å². The average Bonchev–Trinajstić information content (AvgIpc) is 2.76. The number of hydrogen-bond donors (Lipinski definition) is 1. The topological polar surface area (TPSA) is 29.3 Å². The van der Waals surface area contributed by atoms with Gasteiger partial charge < -0.3 is 10.6 Å². The highest BCUT2D eigenvalue weighted by molar-refractivity contribution is 5.08. The zero-order chi connectivity index (χ0) is 10.4. The first kappa shape index (κ1) is 6.33. The molecule has 0 unspecified atom stereocenters. The Balaban J connectivity index is 2.00. The average molecular weight is 174 g/mol. The molecule has 2 fully saturated rings. The minimum Gasteiger partial charge on any atom is -0.326 e. The van der Waals surface area contributed by atoms with Crippen LogP contribution in [0.3, 0.4) is 0 Å². The van der Waals surface area contributed by atoms with Crippen LogP contribution in [0.1, 0.15) is 22.0 Å². The fourth-order valence-corrected chi connectivity index (χ4v) is 2.00. The predicted octanol–water partition coefficient (Wildman–Crippen LogP) is 0.769. The molecule has 3 heteroatoms. The number of halogens is 1. The van der Waals surface area contributed by atoms with Crippen molar-refractivity contribution in [2.24, 2.45) is 11.1 Å². The van der Waals surface area contributed by atoms with Crippen LogP contribution in [-0.2, 0) is 0 Å². The van der Waals surface area contributed by atoms with Gasteiger partial charge in [0, 0.05) is 28.4 Å². The normalized spacial score (nSPS) is 36.7. The van der Waals surface area contributed by atoms with Crippen molar-refractivity contribution in [3.05, 3.63) is 0 Å². The lowest BCUT2D eigenvalue weighted by Crippen LogP contribution is -2.30. The van der Waals surface area contributed by atoms with E-state index in [4.69, 9.17) is 8.48 Å². The number of rotatable bonds is 3. The minimum absolute atomic E-state index is 0.0458. The molecule has 1 heterocycles. The fourth-order valence-electron chi connectivity index (χ4n) is 2.00. The van der Waals surface area contributed by atoms with Gasteiger partial charge in [-0.15, -0.1) is 0 Å². The van der Waals surface area contributed by atoms with Crippen molar-refractivity contribution in [3.8, 4) is 0 Å². The number of likely N-dealkylation sites (tertiary alicyclic amines) is 1. The van der Waals surface area contributed by atoms with Gasteiger partial charge in [-0.25, -0.2) is 0 Å². The quantitative estimate of drug-likeness (QED) is 0.684. The third-order valence-corrected chi connectivity index (χ3v) is 3.03. The number of alkyl halides is 1. The van der Waals surface area contributed by atoms with Crippen molar-refractivity contribution in [2.45, 2.75) is 25.3 Å². The van der Waals surface area contributed by atoms with Gasteiger partial charge in [0.25, 0.3) is 0 Å². The molecule has 0 aromatic heterocycles. The SMILES string of the molecule is [2H]C([2H])(CCF)N1C[C@@H](N)C2(CC2)C1. The van der Waals surface area contributed by atoms with Gasteiger partial charge in [-0.2, -0.15) is 0 Å². The van der Waals surface area contributed by atoms with E-state index in [-0.39, 0.29) is 17.9 Å². The Kier molecular flexibility index (Phi) is 1.56. The second-order valence-electron chi connectivity index (χ2n) is 3.95. The summed E-state index contributed by atoms with van der Waals surface area (Å²) in [6.45, 7) is -0.835. The van der Waals surface area contributed by atoms with Crippen LogP contribution in [0, 0.1) is 5.41 Å². The molecular formula is C9H17FN2. The van der Waals surface area contributed by atoms with Crippen molar-refractivity contribution >= 4 is 0 Å². The summed E-state index contributed by atoms with van der Waals surface area (Å²) in [4.78, 5) is 1.71. The Morgan fingerprint density at radius 3 is 2.92 bits per heavy atom. The van der Waals surface area contributed by atoms with E-state index in [2.05, 4.69) is 0 Å². The highest BCUT2D eigenvalue weighted by atomic mass is 19.1. The molecule has 1 atom stereocenters. The molecular weight excluding hydrogens is 155 g/mol. The first-order chi connectivity index (χ1) is 6.50. The first-order valence-corrected chi connectivity index (χ1v) is 4.57. The minimum atomic E-state index is -1.52. The van der Waals surface area contributed by atoms with Crippen LogP contribution in [0.15, 0.2) is 0 Å². The lowest BCUT2D eigenvalue weighted by atomic mass is 10.0. The summed E-state index contributed by atoms with van der Waals surface area (Å²) in [5.41, 5.74) is 6.13. The van der Waals surface area contributed by atoms with Crippen LogP contribution >= 0.6 is 0 Å². The highest BCUT2D eigenvalue weighted by Gasteiger charge is 2.52. The van der Waals surface area contributed by atoms with E-state index < -0.39 is 13.2 Å². The summed E-state index contributed by atoms with van der Waals surface area (Å²) in [6, 6.07) is 0.0807. The van der Waals surface area contributed by atoms with Crippen LogP contribution in [0.4, 0.5) is 4.39 Å². The molecule has 1 aliphatic heterocycles.